The van der Waals surface area contributed by atoms with Crippen LogP contribution in [0.15, 0.2) is 18.3 Å². The fourth-order valence-electron chi connectivity index (χ4n) is 1.04. The molecule has 0 saturated heterocycles. The first-order chi connectivity index (χ1) is 5.68. The molecule has 0 atom stereocenters. The van der Waals surface area contributed by atoms with E-state index in [9.17, 15) is 4.39 Å². The highest BCUT2D eigenvalue weighted by Crippen LogP contribution is 2.19. The molecule has 62 valence electrons. The van der Waals surface area contributed by atoms with E-state index in [4.69, 9.17) is 17.3 Å². The zero-order valence-corrected chi connectivity index (χ0v) is 6.72. The number of nitrogens with zero attached hydrogens (tertiary/aromatic N) is 2. The van der Waals surface area contributed by atoms with E-state index in [1.165, 1.54) is 22.7 Å². The molecule has 0 aromatic carbocycles. The molecule has 12 heavy (non-hydrogen) atoms. The largest absolute Gasteiger partial charge is 0.369 e. The maximum Gasteiger partial charge on any atom is 0.206 e. The molecule has 0 aliphatic carbocycles. The number of aromatic nitrogens is 2. The maximum atomic E-state index is 12.7. The van der Waals surface area contributed by atoms with E-state index in [0.717, 1.165) is 0 Å². The number of anilines is 1. The summed E-state index contributed by atoms with van der Waals surface area (Å²) in [5.74, 6) is -0.0979. The van der Waals surface area contributed by atoms with Crippen molar-refractivity contribution in [1.82, 2.24) is 9.38 Å². The van der Waals surface area contributed by atoms with Crippen LogP contribution in [0.25, 0.3) is 5.52 Å². The molecule has 2 rings (SSSR count). The van der Waals surface area contributed by atoms with Gasteiger partial charge in [0.15, 0.2) is 5.15 Å². The lowest BCUT2D eigenvalue weighted by Gasteiger charge is -1.94. The van der Waals surface area contributed by atoms with Crippen molar-refractivity contribution < 1.29 is 4.39 Å². The molecule has 0 amide bonds. The van der Waals surface area contributed by atoms with E-state index in [0.29, 0.717) is 5.52 Å². The van der Waals surface area contributed by atoms with Gasteiger partial charge in [-0.1, -0.05) is 11.6 Å². The molecule has 0 bridgehead atoms. The number of pyridine rings is 1. The number of nitrogens with two attached hydrogens (primary N) is 1. The van der Waals surface area contributed by atoms with Crippen molar-refractivity contribution in [1.29, 1.82) is 0 Å². The Morgan fingerprint density at radius 1 is 1.58 bits per heavy atom. The van der Waals surface area contributed by atoms with Crippen molar-refractivity contribution in [3.63, 3.8) is 0 Å². The second-order valence-electron chi connectivity index (χ2n) is 2.36. The fourth-order valence-corrected chi connectivity index (χ4v) is 1.28. The van der Waals surface area contributed by atoms with E-state index >= 15 is 0 Å². The SMILES string of the molecule is Nc1nc(Cl)c2cc(F)ccn12. The van der Waals surface area contributed by atoms with Gasteiger partial charge in [0.1, 0.15) is 5.82 Å². The summed E-state index contributed by atoms with van der Waals surface area (Å²) in [6, 6.07) is 2.58. The Hall–Kier alpha value is -1.29. The molecule has 2 N–H and O–H groups in total. The highest BCUT2D eigenvalue weighted by atomic mass is 35.5. The minimum Gasteiger partial charge on any atom is -0.369 e. The van der Waals surface area contributed by atoms with Crippen LogP contribution in [0.3, 0.4) is 0 Å². The summed E-state index contributed by atoms with van der Waals surface area (Å²) in [5.41, 5.74) is 5.95. The average molecular weight is 186 g/mol. The van der Waals surface area contributed by atoms with Crippen LogP contribution in [0.2, 0.25) is 5.15 Å². The van der Waals surface area contributed by atoms with Gasteiger partial charge in [0.25, 0.3) is 0 Å². The van der Waals surface area contributed by atoms with Crippen LogP contribution in [0.1, 0.15) is 0 Å². The van der Waals surface area contributed by atoms with Crippen molar-refractivity contribution in [3.05, 3.63) is 29.3 Å². The third kappa shape index (κ3) is 0.921. The Labute approximate surface area is 72.6 Å². The normalized spacial score (nSPS) is 10.8. The van der Waals surface area contributed by atoms with Gasteiger partial charge in [-0.15, -0.1) is 0 Å². The quantitative estimate of drug-likeness (QED) is 0.679. The second-order valence-corrected chi connectivity index (χ2v) is 2.72. The lowest BCUT2D eigenvalue weighted by Crippen LogP contribution is -1.93. The highest BCUT2D eigenvalue weighted by molar-refractivity contribution is 6.32. The number of nitrogen functional groups attached to an aromatic ring is 1. The monoisotopic (exact) mass is 185 g/mol. The van der Waals surface area contributed by atoms with Crippen molar-refractivity contribution >= 4 is 23.1 Å². The number of hydrogen-bond donors (Lipinski definition) is 1. The third-order valence-electron chi connectivity index (χ3n) is 1.59. The van der Waals surface area contributed by atoms with Gasteiger partial charge in [-0.3, -0.25) is 4.40 Å². The van der Waals surface area contributed by atoms with Gasteiger partial charge >= 0.3 is 0 Å². The average Bonchev–Trinajstić information content (AvgIpc) is 2.28. The Kier molecular flexibility index (Phi) is 1.44. The first-order valence-electron chi connectivity index (χ1n) is 3.27. The van der Waals surface area contributed by atoms with E-state index in [1.54, 1.807) is 0 Å². The Morgan fingerprint density at radius 3 is 3.08 bits per heavy atom. The molecule has 0 fully saturated rings. The molecule has 5 heteroatoms. The molecular weight excluding hydrogens is 181 g/mol. The minimum atomic E-state index is -0.357. The van der Waals surface area contributed by atoms with Crippen LogP contribution in [-0.4, -0.2) is 9.38 Å². The summed E-state index contributed by atoms with van der Waals surface area (Å²) in [5, 5.41) is 0.215. The first-order valence-corrected chi connectivity index (χ1v) is 3.65. The van der Waals surface area contributed by atoms with Gasteiger partial charge in [0.2, 0.25) is 5.95 Å². The topological polar surface area (TPSA) is 43.3 Å². The smallest absolute Gasteiger partial charge is 0.206 e. The van der Waals surface area contributed by atoms with Gasteiger partial charge in [0.05, 0.1) is 5.52 Å². The Morgan fingerprint density at radius 2 is 2.33 bits per heavy atom. The summed E-state index contributed by atoms with van der Waals surface area (Å²) in [7, 11) is 0. The van der Waals surface area contributed by atoms with E-state index in [2.05, 4.69) is 4.98 Å². The van der Waals surface area contributed by atoms with E-state index < -0.39 is 0 Å². The van der Waals surface area contributed by atoms with Crippen LogP contribution in [0.4, 0.5) is 10.3 Å². The predicted octanol–water partition coefficient (Wildman–Crippen LogP) is 1.71. The molecule has 2 heterocycles. The van der Waals surface area contributed by atoms with Crippen molar-refractivity contribution in [2.75, 3.05) is 5.73 Å². The molecule has 3 nitrogen and oxygen atoms in total. The number of imidazole rings is 1. The fraction of sp³-hybridized carbons (Fsp3) is 0. The van der Waals surface area contributed by atoms with Crippen LogP contribution in [0.5, 0.6) is 0 Å². The molecule has 0 aliphatic heterocycles. The third-order valence-corrected chi connectivity index (χ3v) is 1.87. The summed E-state index contributed by atoms with van der Waals surface area (Å²) in [6.45, 7) is 0. The van der Waals surface area contributed by atoms with Gasteiger partial charge in [-0.25, -0.2) is 9.37 Å². The van der Waals surface area contributed by atoms with Crippen LogP contribution >= 0.6 is 11.6 Å². The molecule has 0 saturated carbocycles. The van der Waals surface area contributed by atoms with Gasteiger partial charge in [-0.05, 0) is 6.07 Å². The van der Waals surface area contributed by atoms with Crippen molar-refractivity contribution in [2.45, 2.75) is 0 Å². The standard InChI is InChI=1S/C7H5ClFN3/c8-6-5-3-4(9)1-2-12(5)7(10)11-6/h1-3H,(H2,10,11). The zero-order chi connectivity index (χ0) is 8.72. The van der Waals surface area contributed by atoms with E-state index in [-0.39, 0.29) is 16.9 Å². The molecule has 0 aliphatic rings. The van der Waals surface area contributed by atoms with Gasteiger partial charge in [-0.2, -0.15) is 0 Å². The number of fused-ring (bicyclic) bond motifs is 1. The van der Waals surface area contributed by atoms with Crippen molar-refractivity contribution in [2.24, 2.45) is 0 Å². The molecule has 0 spiro atoms. The maximum absolute atomic E-state index is 12.7. The first kappa shape index (κ1) is 7.36. The predicted molar refractivity (Wildman–Crippen MR) is 44.6 cm³/mol. The highest BCUT2D eigenvalue weighted by Gasteiger charge is 2.06. The number of hydrogen-bond acceptors (Lipinski definition) is 2. The Bertz CT molecular complexity index is 437. The number of rotatable bonds is 0. The minimum absolute atomic E-state index is 0.215. The summed E-state index contributed by atoms with van der Waals surface area (Å²) in [4.78, 5) is 3.77. The molecule has 2 aromatic rings. The zero-order valence-electron chi connectivity index (χ0n) is 5.96. The number of halogens is 2. The summed E-state index contributed by atoms with van der Waals surface area (Å²) >= 11 is 5.67. The second kappa shape index (κ2) is 2.35. The van der Waals surface area contributed by atoms with Crippen LogP contribution in [-0.2, 0) is 0 Å². The van der Waals surface area contributed by atoms with Crippen LogP contribution in [0, 0.1) is 5.82 Å². The summed E-state index contributed by atoms with van der Waals surface area (Å²) in [6.07, 6.45) is 1.48. The van der Waals surface area contributed by atoms with E-state index in [1.807, 2.05) is 0 Å². The lowest BCUT2D eigenvalue weighted by atomic mass is 10.4. The molecular formula is C7H5ClFN3. The van der Waals surface area contributed by atoms with Gasteiger partial charge < -0.3 is 5.73 Å². The Balaban J connectivity index is 2.90. The molecule has 0 unspecified atom stereocenters. The van der Waals surface area contributed by atoms with Crippen molar-refractivity contribution in [3.8, 4) is 0 Å². The molecule has 0 radical (unpaired) electrons. The lowest BCUT2D eigenvalue weighted by molar-refractivity contribution is 0.627. The molecule has 2 aromatic heterocycles. The van der Waals surface area contributed by atoms with Crippen LogP contribution < -0.4 is 5.73 Å². The summed E-state index contributed by atoms with van der Waals surface area (Å²) < 4.78 is 14.2. The van der Waals surface area contributed by atoms with Gasteiger partial charge in [0, 0.05) is 12.3 Å².